The molecule has 1 heterocycles. The summed E-state index contributed by atoms with van der Waals surface area (Å²) >= 11 is 0. The summed E-state index contributed by atoms with van der Waals surface area (Å²) in [5, 5.41) is 9.41. The van der Waals surface area contributed by atoms with Crippen molar-refractivity contribution in [3.63, 3.8) is 0 Å². The highest BCUT2D eigenvalue weighted by Crippen LogP contribution is 2.24. The molecule has 0 saturated carbocycles. The molecule has 20 heavy (non-hydrogen) atoms. The van der Waals surface area contributed by atoms with Crippen LogP contribution in [0.1, 0.15) is 39.3 Å². The van der Waals surface area contributed by atoms with Gasteiger partial charge in [-0.15, -0.1) is 0 Å². The molecule has 0 aliphatic heterocycles. The van der Waals surface area contributed by atoms with E-state index in [4.69, 9.17) is 0 Å². The van der Waals surface area contributed by atoms with E-state index in [1.54, 1.807) is 0 Å². The van der Waals surface area contributed by atoms with Crippen molar-refractivity contribution < 1.29 is 0 Å². The van der Waals surface area contributed by atoms with E-state index in [1.165, 1.54) is 29.4 Å². The van der Waals surface area contributed by atoms with Crippen LogP contribution in [0.5, 0.6) is 0 Å². The number of nitrogens with zero attached hydrogens (tertiary/aromatic N) is 2. The van der Waals surface area contributed by atoms with Gasteiger partial charge in [-0.25, -0.2) is 0 Å². The summed E-state index contributed by atoms with van der Waals surface area (Å²) in [7, 11) is 4.09. The minimum Gasteiger partial charge on any atom is -0.316 e. The zero-order valence-electron chi connectivity index (χ0n) is 13.4. The Morgan fingerprint density at radius 2 is 1.95 bits per heavy atom. The van der Waals surface area contributed by atoms with E-state index in [-0.39, 0.29) is 0 Å². The third-order valence-electron chi connectivity index (χ3n) is 4.13. The van der Waals surface area contributed by atoms with Gasteiger partial charge in [-0.2, -0.15) is 5.10 Å². The Balaban J connectivity index is 2.03. The van der Waals surface area contributed by atoms with Gasteiger partial charge in [0.15, 0.2) is 0 Å². The number of fused-ring (bicyclic) bond motifs is 1. The van der Waals surface area contributed by atoms with Crippen molar-refractivity contribution in [2.75, 3.05) is 7.05 Å². The first-order chi connectivity index (χ1) is 9.43. The molecule has 1 atom stereocenters. The molecule has 2 aromatic rings. The van der Waals surface area contributed by atoms with Crippen molar-refractivity contribution in [2.24, 2.45) is 12.5 Å². The van der Waals surface area contributed by atoms with Gasteiger partial charge in [-0.05, 0) is 37.8 Å². The summed E-state index contributed by atoms with van der Waals surface area (Å²) in [6, 6.07) is 9.04. The first kappa shape index (κ1) is 15.0. The van der Waals surface area contributed by atoms with E-state index in [0.29, 0.717) is 11.5 Å². The number of nitrogens with one attached hydrogen (secondary N) is 1. The fourth-order valence-electron chi connectivity index (χ4n) is 2.96. The van der Waals surface area contributed by atoms with Crippen molar-refractivity contribution in [1.29, 1.82) is 0 Å². The Labute approximate surface area is 122 Å². The monoisotopic (exact) mass is 273 g/mol. The quantitative estimate of drug-likeness (QED) is 0.903. The molecule has 0 aliphatic rings. The Morgan fingerprint density at radius 1 is 1.25 bits per heavy atom. The van der Waals surface area contributed by atoms with Crippen LogP contribution in [0, 0.1) is 5.41 Å². The topological polar surface area (TPSA) is 29.9 Å². The lowest BCUT2D eigenvalue weighted by atomic mass is 9.84. The largest absolute Gasteiger partial charge is 0.316 e. The number of para-hydroxylation sites is 1. The second kappa shape index (κ2) is 5.96. The molecule has 0 saturated heterocycles. The van der Waals surface area contributed by atoms with Crippen LogP contribution in [0.25, 0.3) is 10.9 Å². The fraction of sp³-hybridized carbons (Fsp3) is 0.588. The second-order valence-corrected chi connectivity index (χ2v) is 6.69. The predicted molar refractivity (Wildman–Crippen MR) is 86.0 cm³/mol. The van der Waals surface area contributed by atoms with Gasteiger partial charge in [0.25, 0.3) is 0 Å². The fourth-order valence-corrected chi connectivity index (χ4v) is 2.96. The van der Waals surface area contributed by atoms with E-state index in [1.807, 2.05) is 11.7 Å². The van der Waals surface area contributed by atoms with Gasteiger partial charge in [-0.1, -0.05) is 39.0 Å². The van der Waals surface area contributed by atoms with Crippen molar-refractivity contribution in [3.05, 3.63) is 30.0 Å². The number of rotatable bonds is 5. The van der Waals surface area contributed by atoms with Crippen molar-refractivity contribution in [2.45, 2.75) is 46.1 Å². The lowest BCUT2D eigenvalue weighted by molar-refractivity contribution is 0.263. The zero-order chi connectivity index (χ0) is 14.8. The Bertz CT molecular complexity index is 563. The van der Waals surface area contributed by atoms with Crippen LogP contribution in [0.2, 0.25) is 0 Å². The lowest BCUT2D eigenvalue weighted by Gasteiger charge is -2.30. The summed E-state index contributed by atoms with van der Waals surface area (Å²) in [6.07, 6.45) is 3.41. The molecule has 1 unspecified atom stereocenters. The van der Waals surface area contributed by atoms with Crippen LogP contribution >= 0.6 is 0 Å². The maximum Gasteiger partial charge on any atom is 0.0703 e. The van der Waals surface area contributed by atoms with Crippen LogP contribution in [-0.2, 0) is 13.5 Å². The molecule has 1 aromatic carbocycles. The highest BCUT2D eigenvalue weighted by molar-refractivity contribution is 5.81. The molecule has 2 rings (SSSR count). The molecular formula is C17H27N3. The Kier molecular flexibility index (Phi) is 4.48. The molecule has 0 spiro atoms. The molecule has 0 aliphatic carbocycles. The average Bonchev–Trinajstić information content (AvgIpc) is 2.71. The molecule has 0 radical (unpaired) electrons. The van der Waals surface area contributed by atoms with Gasteiger partial charge < -0.3 is 5.32 Å². The van der Waals surface area contributed by atoms with E-state index < -0.39 is 0 Å². The van der Waals surface area contributed by atoms with E-state index in [0.717, 1.165) is 6.42 Å². The van der Waals surface area contributed by atoms with Gasteiger partial charge in [0.05, 0.1) is 11.2 Å². The summed E-state index contributed by atoms with van der Waals surface area (Å²) in [6.45, 7) is 6.89. The predicted octanol–water partition coefficient (Wildman–Crippen LogP) is 3.53. The maximum atomic E-state index is 4.67. The first-order valence-corrected chi connectivity index (χ1v) is 7.51. The van der Waals surface area contributed by atoms with Crippen LogP contribution in [0.3, 0.4) is 0 Å². The van der Waals surface area contributed by atoms with Crippen LogP contribution < -0.4 is 5.32 Å². The average molecular weight is 273 g/mol. The van der Waals surface area contributed by atoms with Crippen LogP contribution in [-0.4, -0.2) is 22.9 Å². The third kappa shape index (κ3) is 3.21. The van der Waals surface area contributed by atoms with Crippen molar-refractivity contribution >= 4 is 10.9 Å². The zero-order valence-corrected chi connectivity index (χ0v) is 13.4. The number of aryl methyl sites for hydroxylation is 2. The Morgan fingerprint density at radius 3 is 2.60 bits per heavy atom. The van der Waals surface area contributed by atoms with Gasteiger partial charge >= 0.3 is 0 Å². The highest BCUT2D eigenvalue weighted by Gasteiger charge is 2.22. The molecule has 110 valence electrons. The van der Waals surface area contributed by atoms with Crippen molar-refractivity contribution in [3.8, 4) is 0 Å². The molecule has 1 aromatic heterocycles. The molecular weight excluding hydrogens is 246 g/mol. The van der Waals surface area contributed by atoms with Gasteiger partial charge in [0, 0.05) is 18.5 Å². The lowest BCUT2D eigenvalue weighted by Crippen LogP contribution is -2.37. The van der Waals surface area contributed by atoms with Crippen molar-refractivity contribution in [1.82, 2.24) is 15.1 Å². The van der Waals surface area contributed by atoms with E-state index >= 15 is 0 Å². The number of aromatic nitrogens is 2. The number of hydrogen-bond acceptors (Lipinski definition) is 2. The molecule has 3 heteroatoms. The minimum atomic E-state index is 0.306. The van der Waals surface area contributed by atoms with Gasteiger partial charge in [-0.3, -0.25) is 4.68 Å². The maximum absolute atomic E-state index is 4.67. The SMILES string of the molecule is CNC(CCCc1nn(C)c2ccccc12)C(C)(C)C. The summed E-state index contributed by atoms with van der Waals surface area (Å²) in [4.78, 5) is 0. The smallest absolute Gasteiger partial charge is 0.0703 e. The van der Waals surface area contributed by atoms with Gasteiger partial charge in [0.1, 0.15) is 0 Å². The Hall–Kier alpha value is -1.35. The molecule has 0 bridgehead atoms. The number of benzene rings is 1. The summed E-state index contributed by atoms with van der Waals surface area (Å²) in [5.41, 5.74) is 2.76. The molecule has 0 amide bonds. The van der Waals surface area contributed by atoms with E-state index in [9.17, 15) is 0 Å². The summed E-state index contributed by atoms with van der Waals surface area (Å²) < 4.78 is 1.99. The minimum absolute atomic E-state index is 0.306. The standard InChI is InChI=1S/C17H27N3/c1-17(2,3)16(18-4)12-8-10-14-13-9-6-7-11-15(13)20(5)19-14/h6-7,9,11,16,18H,8,10,12H2,1-5H3. The normalized spacial score (nSPS) is 13.8. The molecule has 1 N–H and O–H groups in total. The second-order valence-electron chi connectivity index (χ2n) is 6.69. The highest BCUT2D eigenvalue weighted by atomic mass is 15.3. The summed E-state index contributed by atoms with van der Waals surface area (Å²) in [5.74, 6) is 0. The van der Waals surface area contributed by atoms with Gasteiger partial charge in [0.2, 0.25) is 0 Å². The molecule has 3 nitrogen and oxygen atoms in total. The first-order valence-electron chi connectivity index (χ1n) is 7.51. The van der Waals surface area contributed by atoms with E-state index in [2.05, 4.69) is 62.5 Å². The number of hydrogen-bond donors (Lipinski definition) is 1. The third-order valence-corrected chi connectivity index (χ3v) is 4.13. The molecule has 0 fully saturated rings. The van der Waals surface area contributed by atoms with Crippen LogP contribution in [0.4, 0.5) is 0 Å². The van der Waals surface area contributed by atoms with Crippen LogP contribution in [0.15, 0.2) is 24.3 Å².